The van der Waals surface area contributed by atoms with Gasteiger partial charge in [0.1, 0.15) is 0 Å². The van der Waals surface area contributed by atoms with E-state index in [0.717, 1.165) is 5.56 Å². The highest BCUT2D eigenvalue weighted by molar-refractivity contribution is 5.70. The Labute approximate surface area is 98.1 Å². The molecule has 1 aliphatic rings. The minimum Gasteiger partial charge on any atom is -0.505 e. The summed E-state index contributed by atoms with van der Waals surface area (Å²) in [5.41, 5.74) is 1.09. The number of aromatic hydroxyl groups is 1. The molecule has 1 saturated heterocycles. The van der Waals surface area contributed by atoms with E-state index in [4.69, 9.17) is 5.11 Å². The van der Waals surface area contributed by atoms with E-state index in [0.29, 0.717) is 18.5 Å². The number of phenolic OH excluding ortho intramolecular Hbond substituents is 1. The van der Waals surface area contributed by atoms with Crippen molar-refractivity contribution in [2.24, 2.45) is 5.92 Å². The molecule has 0 aromatic heterocycles. The number of rotatable bonds is 2. The van der Waals surface area contributed by atoms with Crippen LogP contribution in [-0.2, 0) is 4.79 Å². The van der Waals surface area contributed by atoms with Crippen LogP contribution >= 0.6 is 0 Å². The van der Waals surface area contributed by atoms with Gasteiger partial charge < -0.3 is 15.5 Å². The maximum absolute atomic E-state index is 13.7. The molecule has 5 heteroatoms. The standard InChI is InChI=1S/C12H14FNO3/c1-6-2-8(11(13)10(15)3-6)9-4-7(5-14-9)12(16)17/h2-3,7,9,14-15H,4-5H2,1H3,(H,16,17). The molecule has 2 rings (SSSR count). The van der Waals surface area contributed by atoms with Crippen LogP contribution in [0.25, 0.3) is 0 Å². The van der Waals surface area contributed by atoms with Gasteiger partial charge in [-0.05, 0) is 25.0 Å². The summed E-state index contributed by atoms with van der Waals surface area (Å²) < 4.78 is 13.7. The minimum atomic E-state index is -0.878. The summed E-state index contributed by atoms with van der Waals surface area (Å²) in [5, 5.41) is 21.2. The number of hydrogen-bond acceptors (Lipinski definition) is 3. The van der Waals surface area contributed by atoms with Gasteiger partial charge in [0.25, 0.3) is 0 Å². The number of carboxylic acids is 1. The second-order valence-corrected chi connectivity index (χ2v) is 4.42. The van der Waals surface area contributed by atoms with E-state index < -0.39 is 17.7 Å². The number of nitrogens with one attached hydrogen (secondary N) is 1. The van der Waals surface area contributed by atoms with Crippen molar-refractivity contribution < 1.29 is 19.4 Å². The van der Waals surface area contributed by atoms with Crippen LogP contribution in [0.3, 0.4) is 0 Å². The fourth-order valence-corrected chi connectivity index (χ4v) is 2.19. The van der Waals surface area contributed by atoms with Crippen molar-refractivity contribution in [3.05, 3.63) is 29.1 Å². The van der Waals surface area contributed by atoms with E-state index in [-0.39, 0.29) is 11.8 Å². The van der Waals surface area contributed by atoms with Crippen LogP contribution in [0.2, 0.25) is 0 Å². The first-order chi connectivity index (χ1) is 7.99. The average molecular weight is 239 g/mol. The Morgan fingerprint density at radius 1 is 1.53 bits per heavy atom. The summed E-state index contributed by atoms with van der Waals surface area (Å²) in [6.45, 7) is 2.08. The third-order valence-electron chi connectivity index (χ3n) is 3.08. The summed E-state index contributed by atoms with van der Waals surface area (Å²) in [4.78, 5) is 10.8. The van der Waals surface area contributed by atoms with Crippen LogP contribution in [0.1, 0.15) is 23.6 Å². The molecular formula is C12H14FNO3. The Hall–Kier alpha value is -1.62. The highest BCUT2D eigenvalue weighted by Gasteiger charge is 2.32. The monoisotopic (exact) mass is 239 g/mol. The Balaban J connectivity index is 2.27. The molecule has 17 heavy (non-hydrogen) atoms. The minimum absolute atomic E-state index is 0.328. The van der Waals surface area contributed by atoms with E-state index in [1.807, 2.05) is 0 Å². The second-order valence-electron chi connectivity index (χ2n) is 4.42. The largest absolute Gasteiger partial charge is 0.505 e. The van der Waals surface area contributed by atoms with E-state index >= 15 is 0 Å². The second kappa shape index (κ2) is 4.33. The maximum Gasteiger partial charge on any atom is 0.307 e. The Morgan fingerprint density at radius 3 is 2.82 bits per heavy atom. The summed E-state index contributed by atoms with van der Waals surface area (Å²) in [6, 6.07) is 2.64. The number of hydrogen-bond donors (Lipinski definition) is 3. The van der Waals surface area contributed by atoms with Crippen molar-refractivity contribution in [3.8, 4) is 5.75 Å². The molecule has 2 unspecified atom stereocenters. The Kier molecular flexibility index (Phi) is 3.02. The number of aryl methyl sites for hydroxylation is 1. The van der Waals surface area contributed by atoms with Crippen molar-refractivity contribution >= 4 is 5.97 Å². The molecule has 0 amide bonds. The normalized spacial score (nSPS) is 23.9. The molecule has 0 aliphatic carbocycles. The van der Waals surface area contributed by atoms with Gasteiger partial charge in [-0.15, -0.1) is 0 Å². The number of carbonyl (C=O) groups is 1. The molecule has 1 aromatic rings. The van der Waals surface area contributed by atoms with E-state index in [9.17, 15) is 14.3 Å². The van der Waals surface area contributed by atoms with Crippen LogP contribution in [0, 0.1) is 18.7 Å². The summed E-state index contributed by atoms with van der Waals surface area (Å²) in [5.74, 6) is -2.43. The van der Waals surface area contributed by atoms with Crippen molar-refractivity contribution in [3.63, 3.8) is 0 Å². The molecule has 3 N–H and O–H groups in total. The zero-order chi connectivity index (χ0) is 12.6. The third-order valence-corrected chi connectivity index (χ3v) is 3.08. The van der Waals surface area contributed by atoms with E-state index in [1.165, 1.54) is 6.07 Å². The lowest BCUT2D eigenvalue weighted by atomic mass is 9.98. The summed E-state index contributed by atoms with van der Waals surface area (Å²) in [6.07, 6.45) is 0.342. The Bertz CT molecular complexity index is 461. The lowest BCUT2D eigenvalue weighted by Crippen LogP contribution is -2.17. The van der Waals surface area contributed by atoms with Gasteiger partial charge >= 0.3 is 5.97 Å². The van der Waals surface area contributed by atoms with Crippen molar-refractivity contribution in [1.29, 1.82) is 0 Å². The van der Waals surface area contributed by atoms with Crippen molar-refractivity contribution in [2.75, 3.05) is 6.54 Å². The SMILES string of the molecule is Cc1cc(O)c(F)c(C2CC(C(=O)O)CN2)c1. The van der Waals surface area contributed by atoms with Crippen LogP contribution in [-0.4, -0.2) is 22.7 Å². The van der Waals surface area contributed by atoms with Crippen molar-refractivity contribution in [1.82, 2.24) is 5.32 Å². The quantitative estimate of drug-likeness (QED) is 0.732. The van der Waals surface area contributed by atoms with E-state index in [1.54, 1.807) is 13.0 Å². The summed E-state index contributed by atoms with van der Waals surface area (Å²) in [7, 11) is 0. The number of halogens is 1. The molecule has 1 heterocycles. The molecule has 0 saturated carbocycles. The number of phenols is 1. The maximum atomic E-state index is 13.7. The topological polar surface area (TPSA) is 69.6 Å². The summed E-state index contributed by atoms with van der Waals surface area (Å²) >= 11 is 0. The smallest absolute Gasteiger partial charge is 0.307 e. The first-order valence-electron chi connectivity index (χ1n) is 5.44. The van der Waals surface area contributed by atoms with Gasteiger partial charge in [0.15, 0.2) is 11.6 Å². The number of benzene rings is 1. The number of carboxylic acid groups (broad SMARTS) is 1. The van der Waals surface area contributed by atoms with E-state index in [2.05, 4.69) is 5.32 Å². The molecule has 1 aromatic carbocycles. The van der Waals surface area contributed by atoms with Crippen LogP contribution in [0.15, 0.2) is 12.1 Å². The predicted octanol–water partition coefficient (Wildman–Crippen LogP) is 1.57. The lowest BCUT2D eigenvalue weighted by molar-refractivity contribution is -0.141. The van der Waals surface area contributed by atoms with Gasteiger partial charge in [0.2, 0.25) is 0 Å². The zero-order valence-electron chi connectivity index (χ0n) is 9.40. The van der Waals surface area contributed by atoms with Gasteiger partial charge in [-0.1, -0.05) is 6.07 Å². The fraction of sp³-hybridized carbons (Fsp3) is 0.417. The molecule has 92 valence electrons. The van der Waals surface area contributed by atoms with Gasteiger partial charge in [-0.2, -0.15) is 0 Å². The molecule has 2 atom stereocenters. The van der Waals surface area contributed by atoms with Crippen LogP contribution < -0.4 is 5.32 Å². The predicted molar refractivity (Wildman–Crippen MR) is 59.3 cm³/mol. The molecule has 0 radical (unpaired) electrons. The molecule has 0 bridgehead atoms. The average Bonchev–Trinajstić information content (AvgIpc) is 2.72. The molecule has 1 aliphatic heterocycles. The van der Waals surface area contributed by atoms with Crippen LogP contribution in [0.4, 0.5) is 4.39 Å². The number of aliphatic carboxylic acids is 1. The molecule has 1 fully saturated rings. The zero-order valence-corrected chi connectivity index (χ0v) is 9.40. The van der Waals surface area contributed by atoms with Crippen molar-refractivity contribution in [2.45, 2.75) is 19.4 Å². The highest BCUT2D eigenvalue weighted by Crippen LogP contribution is 2.32. The fourth-order valence-electron chi connectivity index (χ4n) is 2.19. The van der Waals surface area contributed by atoms with Gasteiger partial charge in [-0.25, -0.2) is 4.39 Å². The van der Waals surface area contributed by atoms with Gasteiger partial charge in [0, 0.05) is 18.2 Å². The lowest BCUT2D eigenvalue weighted by Gasteiger charge is -2.13. The first-order valence-corrected chi connectivity index (χ1v) is 5.44. The van der Waals surface area contributed by atoms with Crippen LogP contribution in [0.5, 0.6) is 5.75 Å². The third kappa shape index (κ3) is 2.24. The Morgan fingerprint density at radius 2 is 2.24 bits per heavy atom. The molecule has 4 nitrogen and oxygen atoms in total. The first kappa shape index (κ1) is 11.9. The molecular weight excluding hydrogens is 225 g/mol. The van der Waals surface area contributed by atoms with Gasteiger partial charge in [0.05, 0.1) is 5.92 Å². The highest BCUT2D eigenvalue weighted by atomic mass is 19.1. The van der Waals surface area contributed by atoms with Gasteiger partial charge in [-0.3, -0.25) is 4.79 Å². The molecule has 0 spiro atoms.